The number of carbonyl (C=O) groups is 2. The molecule has 2 aromatic rings. The Hall–Kier alpha value is -2.53. The Morgan fingerprint density at radius 3 is 2.86 bits per heavy atom. The highest BCUT2D eigenvalue weighted by Gasteiger charge is 2.34. The van der Waals surface area contributed by atoms with Gasteiger partial charge in [0.2, 0.25) is 0 Å². The zero-order chi connectivity index (χ0) is 15.7. The summed E-state index contributed by atoms with van der Waals surface area (Å²) < 4.78 is 5.49. The first-order chi connectivity index (χ1) is 10.5. The van der Waals surface area contributed by atoms with Crippen LogP contribution in [0.5, 0.6) is 5.75 Å². The van der Waals surface area contributed by atoms with Gasteiger partial charge in [-0.1, -0.05) is 29.8 Å². The Bertz CT molecular complexity index is 761. The summed E-state index contributed by atoms with van der Waals surface area (Å²) in [4.78, 5) is 24.3. The van der Waals surface area contributed by atoms with Gasteiger partial charge in [0.15, 0.2) is 0 Å². The van der Waals surface area contributed by atoms with E-state index in [0.29, 0.717) is 22.1 Å². The Kier molecular flexibility index (Phi) is 3.73. The van der Waals surface area contributed by atoms with Gasteiger partial charge in [-0.05, 0) is 36.8 Å². The van der Waals surface area contributed by atoms with Gasteiger partial charge < -0.3 is 15.4 Å². The number of amides is 2. The third-order valence-corrected chi connectivity index (χ3v) is 3.56. The molecule has 5 nitrogen and oxygen atoms in total. The maximum absolute atomic E-state index is 12.3. The molecule has 22 heavy (non-hydrogen) atoms. The monoisotopic (exact) mass is 316 g/mol. The van der Waals surface area contributed by atoms with Crippen molar-refractivity contribution in [2.45, 2.75) is 13.0 Å². The second kappa shape index (κ2) is 5.69. The Morgan fingerprint density at radius 2 is 2.05 bits per heavy atom. The van der Waals surface area contributed by atoms with Crippen molar-refractivity contribution in [2.75, 3.05) is 10.6 Å². The molecule has 1 aliphatic heterocycles. The van der Waals surface area contributed by atoms with E-state index in [1.54, 1.807) is 42.5 Å². The van der Waals surface area contributed by atoms with Crippen LogP contribution in [0.1, 0.15) is 5.56 Å². The maximum atomic E-state index is 12.3. The van der Waals surface area contributed by atoms with Crippen LogP contribution >= 0.6 is 11.6 Å². The van der Waals surface area contributed by atoms with Crippen molar-refractivity contribution in [1.82, 2.24) is 0 Å². The van der Waals surface area contributed by atoms with E-state index in [1.807, 2.05) is 6.92 Å². The van der Waals surface area contributed by atoms with Crippen LogP contribution in [0.3, 0.4) is 0 Å². The molecular weight excluding hydrogens is 304 g/mol. The molecule has 1 heterocycles. The second-order valence-corrected chi connectivity index (χ2v) is 5.37. The fourth-order valence-electron chi connectivity index (χ4n) is 2.15. The smallest absolute Gasteiger partial charge is 0.275 e. The third kappa shape index (κ3) is 2.76. The van der Waals surface area contributed by atoms with Crippen LogP contribution in [0, 0.1) is 6.92 Å². The van der Waals surface area contributed by atoms with E-state index in [2.05, 4.69) is 10.6 Å². The molecule has 1 aliphatic rings. The summed E-state index contributed by atoms with van der Waals surface area (Å²) in [5.74, 6) is -0.585. The number of benzene rings is 2. The minimum atomic E-state index is -1.24. The van der Waals surface area contributed by atoms with Gasteiger partial charge in [-0.25, -0.2) is 0 Å². The average Bonchev–Trinajstić information content (AvgIpc) is 2.50. The minimum Gasteiger partial charge on any atom is -0.468 e. The lowest BCUT2D eigenvalue weighted by atomic mass is 10.1. The molecule has 0 unspecified atom stereocenters. The highest BCUT2D eigenvalue weighted by atomic mass is 35.5. The average molecular weight is 317 g/mol. The number of rotatable bonds is 2. The van der Waals surface area contributed by atoms with E-state index in [-0.39, 0.29) is 0 Å². The highest BCUT2D eigenvalue weighted by Crippen LogP contribution is 2.29. The molecule has 6 heteroatoms. The Morgan fingerprint density at radius 1 is 1.27 bits per heavy atom. The van der Waals surface area contributed by atoms with Crippen LogP contribution in [0.2, 0.25) is 5.02 Å². The fourth-order valence-corrected chi connectivity index (χ4v) is 2.32. The van der Waals surface area contributed by atoms with Gasteiger partial charge >= 0.3 is 0 Å². The minimum absolute atomic E-state index is 0.463. The number of para-hydroxylation sites is 2. The quantitative estimate of drug-likeness (QED) is 0.837. The molecule has 1 atom stereocenters. The molecule has 0 fully saturated rings. The molecular formula is C16H13ClN2O3. The van der Waals surface area contributed by atoms with Crippen molar-refractivity contribution >= 4 is 34.8 Å². The van der Waals surface area contributed by atoms with E-state index in [0.717, 1.165) is 5.56 Å². The summed E-state index contributed by atoms with van der Waals surface area (Å²) in [6.45, 7) is 1.84. The molecule has 0 saturated heterocycles. The number of carbonyl (C=O) groups excluding carboxylic acids is 2. The molecule has 0 saturated carbocycles. The molecule has 0 spiro atoms. The summed E-state index contributed by atoms with van der Waals surface area (Å²) >= 11 is 5.92. The topological polar surface area (TPSA) is 67.4 Å². The molecule has 2 amide bonds. The summed E-state index contributed by atoms with van der Waals surface area (Å²) in [6, 6.07) is 12.1. The molecule has 0 bridgehead atoms. The zero-order valence-electron chi connectivity index (χ0n) is 11.7. The van der Waals surface area contributed by atoms with Gasteiger partial charge in [-0.15, -0.1) is 0 Å². The van der Waals surface area contributed by atoms with Gasteiger partial charge in [0, 0.05) is 10.7 Å². The number of anilines is 2. The summed E-state index contributed by atoms with van der Waals surface area (Å²) in [5, 5.41) is 5.82. The van der Waals surface area contributed by atoms with Crippen LogP contribution in [-0.4, -0.2) is 17.9 Å². The number of fused-ring (bicyclic) bond motifs is 1. The maximum Gasteiger partial charge on any atom is 0.275 e. The molecule has 0 aromatic heterocycles. The summed E-state index contributed by atoms with van der Waals surface area (Å²) in [7, 11) is 0. The predicted octanol–water partition coefficient (Wildman–Crippen LogP) is 2.99. The SMILES string of the molecule is Cc1ccc(Cl)cc1NC(=O)[C@H]1Oc2ccccc2NC1=O. The van der Waals surface area contributed by atoms with Gasteiger partial charge in [-0.2, -0.15) is 0 Å². The number of ether oxygens (including phenoxy) is 1. The molecule has 2 N–H and O–H groups in total. The lowest BCUT2D eigenvalue weighted by Gasteiger charge is -2.25. The van der Waals surface area contributed by atoms with E-state index < -0.39 is 17.9 Å². The summed E-state index contributed by atoms with van der Waals surface area (Å²) in [6.07, 6.45) is -1.24. The van der Waals surface area contributed by atoms with Gasteiger partial charge in [0.1, 0.15) is 5.75 Å². The van der Waals surface area contributed by atoms with Crippen molar-refractivity contribution < 1.29 is 14.3 Å². The third-order valence-electron chi connectivity index (χ3n) is 3.32. The number of hydrogen-bond donors (Lipinski definition) is 2. The normalized spacial score (nSPS) is 16.3. The van der Waals surface area contributed by atoms with Crippen molar-refractivity contribution in [1.29, 1.82) is 0 Å². The molecule has 112 valence electrons. The fraction of sp³-hybridized carbons (Fsp3) is 0.125. The van der Waals surface area contributed by atoms with Crippen LogP contribution in [0.4, 0.5) is 11.4 Å². The number of hydrogen-bond acceptors (Lipinski definition) is 3. The van der Waals surface area contributed by atoms with Crippen LogP contribution < -0.4 is 15.4 Å². The lowest BCUT2D eigenvalue weighted by Crippen LogP contribution is -2.45. The molecule has 3 rings (SSSR count). The molecule has 0 aliphatic carbocycles. The standard InChI is InChI=1S/C16H13ClN2O3/c1-9-6-7-10(17)8-12(9)19-16(21)14-15(20)18-11-4-2-3-5-13(11)22-14/h2-8,14H,1H3,(H,18,20)(H,19,21)/t14-/m0/s1. The van der Waals surface area contributed by atoms with E-state index in [9.17, 15) is 9.59 Å². The first kappa shape index (κ1) is 14.4. The Balaban J connectivity index is 1.81. The van der Waals surface area contributed by atoms with Crippen molar-refractivity contribution in [2.24, 2.45) is 0 Å². The molecule has 0 radical (unpaired) electrons. The van der Waals surface area contributed by atoms with Gasteiger partial charge in [-0.3, -0.25) is 9.59 Å². The number of aryl methyl sites for hydroxylation is 1. The van der Waals surface area contributed by atoms with Crippen LogP contribution in [0.15, 0.2) is 42.5 Å². The van der Waals surface area contributed by atoms with Crippen LogP contribution in [0.25, 0.3) is 0 Å². The van der Waals surface area contributed by atoms with Gasteiger partial charge in [0.05, 0.1) is 5.69 Å². The zero-order valence-corrected chi connectivity index (χ0v) is 12.5. The van der Waals surface area contributed by atoms with Crippen molar-refractivity contribution in [3.05, 3.63) is 53.1 Å². The van der Waals surface area contributed by atoms with E-state index in [4.69, 9.17) is 16.3 Å². The summed E-state index contributed by atoms with van der Waals surface area (Å²) in [5.41, 5.74) is 1.94. The van der Waals surface area contributed by atoms with Gasteiger partial charge in [0.25, 0.3) is 17.9 Å². The molecule has 2 aromatic carbocycles. The predicted molar refractivity (Wildman–Crippen MR) is 84.3 cm³/mol. The van der Waals surface area contributed by atoms with Crippen molar-refractivity contribution in [3.8, 4) is 5.75 Å². The van der Waals surface area contributed by atoms with Crippen LogP contribution in [-0.2, 0) is 9.59 Å². The highest BCUT2D eigenvalue weighted by molar-refractivity contribution is 6.31. The first-order valence-electron chi connectivity index (χ1n) is 6.68. The largest absolute Gasteiger partial charge is 0.468 e. The van der Waals surface area contributed by atoms with E-state index >= 15 is 0 Å². The number of nitrogens with one attached hydrogen (secondary N) is 2. The second-order valence-electron chi connectivity index (χ2n) is 4.93. The van der Waals surface area contributed by atoms with E-state index in [1.165, 1.54) is 0 Å². The first-order valence-corrected chi connectivity index (χ1v) is 7.06. The Labute approximate surface area is 132 Å². The lowest BCUT2D eigenvalue weighted by molar-refractivity contribution is -0.133. The van der Waals surface area contributed by atoms with Crippen molar-refractivity contribution in [3.63, 3.8) is 0 Å². The number of halogens is 1.